The van der Waals surface area contributed by atoms with Crippen LogP contribution in [0, 0.1) is 0 Å². The molecule has 1 atom stereocenters. The Hall–Kier alpha value is -2.08. The van der Waals surface area contributed by atoms with Crippen LogP contribution in [0.2, 0.25) is 10.0 Å². The van der Waals surface area contributed by atoms with Crippen LogP contribution in [-0.2, 0) is 0 Å². The van der Waals surface area contributed by atoms with Crippen LogP contribution in [0.5, 0.6) is 5.19 Å². The first kappa shape index (κ1) is 18.3. The fraction of sp³-hybridized carbons (Fsp3) is 0.200. The van der Waals surface area contributed by atoms with Crippen molar-refractivity contribution in [1.29, 1.82) is 0 Å². The summed E-state index contributed by atoms with van der Waals surface area (Å²) in [7, 11) is 0. The number of carbonyl (C=O) groups excluding carboxylic acids is 1. The number of thiazole rings is 1. The van der Waals surface area contributed by atoms with Crippen LogP contribution >= 0.6 is 34.5 Å². The van der Waals surface area contributed by atoms with E-state index in [2.05, 4.69) is 4.98 Å². The molecule has 0 bridgehead atoms. The molecule has 1 aliphatic heterocycles. The van der Waals surface area contributed by atoms with Gasteiger partial charge in [-0.2, -0.15) is 0 Å². The second-order valence-electron chi connectivity index (χ2n) is 6.28. The molecule has 1 fully saturated rings. The Balaban J connectivity index is 1.42. The fourth-order valence-corrected chi connectivity index (χ4v) is 3.93. The molecule has 0 N–H and O–H groups in total. The summed E-state index contributed by atoms with van der Waals surface area (Å²) in [5, 5.41) is 3.57. The van der Waals surface area contributed by atoms with Crippen molar-refractivity contribution in [2.45, 2.75) is 12.5 Å². The number of rotatable bonds is 4. The Bertz CT molecular complexity index is 945. The number of benzene rings is 2. The first-order valence-electron chi connectivity index (χ1n) is 8.51. The van der Waals surface area contributed by atoms with E-state index in [0.717, 1.165) is 17.5 Å². The Labute approximate surface area is 171 Å². The molecule has 1 aromatic heterocycles. The number of carbonyl (C=O) groups is 1. The zero-order valence-corrected chi connectivity index (χ0v) is 16.6. The number of ether oxygens (including phenoxy) is 1. The van der Waals surface area contributed by atoms with E-state index >= 15 is 0 Å². The Morgan fingerprint density at radius 3 is 2.59 bits per heavy atom. The van der Waals surface area contributed by atoms with E-state index < -0.39 is 0 Å². The molecular weight excluding hydrogens is 403 g/mol. The van der Waals surface area contributed by atoms with Crippen molar-refractivity contribution in [3.05, 3.63) is 69.7 Å². The highest BCUT2D eigenvalue weighted by molar-refractivity contribution is 7.11. The lowest BCUT2D eigenvalue weighted by atomic mass is 10.0. The van der Waals surface area contributed by atoms with Gasteiger partial charge in [-0.3, -0.25) is 4.79 Å². The summed E-state index contributed by atoms with van der Waals surface area (Å²) >= 11 is 13.5. The minimum Gasteiger partial charge on any atom is -0.465 e. The molecule has 4 rings (SSSR count). The van der Waals surface area contributed by atoms with Gasteiger partial charge in [-0.05, 0) is 35.4 Å². The van der Waals surface area contributed by atoms with E-state index in [0.29, 0.717) is 33.9 Å². The molecule has 4 nitrogen and oxygen atoms in total. The highest BCUT2D eigenvalue weighted by Crippen LogP contribution is 2.29. The number of likely N-dealkylation sites (tertiary alicyclic amines) is 1. The molecule has 7 heteroatoms. The predicted octanol–water partition coefficient (Wildman–Crippen LogP) is 5.41. The average molecular weight is 419 g/mol. The third kappa shape index (κ3) is 4.10. The van der Waals surface area contributed by atoms with Gasteiger partial charge in [0.2, 0.25) is 0 Å². The van der Waals surface area contributed by atoms with Crippen LogP contribution in [0.4, 0.5) is 0 Å². The Morgan fingerprint density at radius 2 is 1.89 bits per heavy atom. The van der Waals surface area contributed by atoms with Gasteiger partial charge in [0.05, 0.1) is 16.6 Å². The molecule has 0 spiro atoms. The SMILES string of the molecule is O=C(c1ccc(-c2ccc(Cl)c(Cl)c2)cc1)N1CCC(Oc2nccs2)C1. The lowest BCUT2D eigenvalue weighted by Gasteiger charge is -2.17. The van der Waals surface area contributed by atoms with Crippen LogP contribution in [0.15, 0.2) is 54.0 Å². The lowest BCUT2D eigenvalue weighted by Crippen LogP contribution is -2.30. The molecule has 2 aromatic carbocycles. The lowest BCUT2D eigenvalue weighted by molar-refractivity contribution is 0.0772. The van der Waals surface area contributed by atoms with Crippen LogP contribution < -0.4 is 4.74 Å². The fourth-order valence-electron chi connectivity index (χ4n) is 3.08. The normalized spacial score (nSPS) is 16.5. The van der Waals surface area contributed by atoms with Crippen molar-refractivity contribution < 1.29 is 9.53 Å². The minimum atomic E-state index is -0.00409. The largest absolute Gasteiger partial charge is 0.465 e. The highest BCUT2D eigenvalue weighted by atomic mass is 35.5. The van der Waals surface area contributed by atoms with E-state index in [1.165, 1.54) is 11.3 Å². The highest BCUT2D eigenvalue weighted by Gasteiger charge is 2.28. The summed E-state index contributed by atoms with van der Waals surface area (Å²) in [6, 6.07) is 13.0. The van der Waals surface area contributed by atoms with Gasteiger partial charge in [-0.1, -0.05) is 52.7 Å². The van der Waals surface area contributed by atoms with Gasteiger partial charge < -0.3 is 9.64 Å². The maximum absolute atomic E-state index is 12.8. The molecule has 0 saturated carbocycles. The monoisotopic (exact) mass is 418 g/mol. The first-order chi connectivity index (χ1) is 13.1. The maximum Gasteiger partial charge on any atom is 0.273 e. The predicted molar refractivity (Wildman–Crippen MR) is 109 cm³/mol. The third-order valence-corrected chi connectivity index (χ3v) is 5.89. The number of halogens is 2. The summed E-state index contributed by atoms with van der Waals surface area (Å²) in [5.74, 6) is 0.0147. The summed E-state index contributed by atoms with van der Waals surface area (Å²) in [6.45, 7) is 1.26. The Kier molecular flexibility index (Phi) is 5.34. The number of amides is 1. The molecular formula is C20H16Cl2N2O2S. The number of aromatic nitrogens is 1. The zero-order chi connectivity index (χ0) is 18.8. The molecule has 0 aliphatic carbocycles. The van der Waals surface area contributed by atoms with Gasteiger partial charge >= 0.3 is 0 Å². The van der Waals surface area contributed by atoms with Crippen molar-refractivity contribution in [3.8, 4) is 16.3 Å². The second-order valence-corrected chi connectivity index (χ2v) is 7.96. The van der Waals surface area contributed by atoms with Crippen LogP contribution in [0.3, 0.4) is 0 Å². The van der Waals surface area contributed by atoms with Crippen molar-refractivity contribution in [1.82, 2.24) is 9.88 Å². The van der Waals surface area contributed by atoms with Crippen molar-refractivity contribution in [2.75, 3.05) is 13.1 Å². The van der Waals surface area contributed by atoms with E-state index in [1.807, 2.05) is 46.7 Å². The maximum atomic E-state index is 12.8. The average Bonchev–Trinajstić information content (AvgIpc) is 3.36. The standard InChI is InChI=1S/C20H16Cl2N2O2S/c21-17-6-5-15(11-18(17)22)13-1-3-14(4-2-13)19(25)24-9-7-16(12-24)26-20-23-8-10-27-20/h1-6,8,10-11,16H,7,9,12H2. The number of hydrogen-bond acceptors (Lipinski definition) is 4. The van der Waals surface area contributed by atoms with Gasteiger partial charge in [0.25, 0.3) is 11.1 Å². The van der Waals surface area contributed by atoms with Crippen LogP contribution in [0.1, 0.15) is 16.8 Å². The molecule has 3 aromatic rings. The van der Waals surface area contributed by atoms with Crippen molar-refractivity contribution in [3.63, 3.8) is 0 Å². The second kappa shape index (κ2) is 7.89. The topological polar surface area (TPSA) is 42.4 Å². The summed E-state index contributed by atoms with van der Waals surface area (Å²) in [4.78, 5) is 18.7. The Morgan fingerprint density at radius 1 is 1.11 bits per heavy atom. The molecule has 1 unspecified atom stereocenters. The molecule has 2 heterocycles. The van der Waals surface area contributed by atoms with Gasteiger partial charge in [0.1, 0.15) is 6.10 Å². The minimum absolute atomic E-state index is 0.00409. The van der Waals surface area contributed by atoms with E-state index in [-0.39, 0.29) is 12.0 Å². The summed E-state index contributed by atoms with van der Waals surface area (Å²) < 4.78 is 5.82. The van der Waals surface area contributed by atoms with Crippen LogP contribution in [-0.4, -0.2) is 35.0 Å². The van der Waals surface area contributed by atoms with Gasteiger partial charge in [0.15, 0.2) is 0 Å². The molecule has 1 saturated heterocycles. The van der Waals surface area contributed by atoms with Gasteiger partial charge in [0, 0.05) is 30.1 Å². The molecule has 1 amide bonds. The van der Waals surface area contributed by atoms with Crippen molar-refractivity contribution in [2.24, 2.45) is 0 Å². The smallest absolute Gasteiger partial charge is 0.273 e. The molecule has 27 heavy (non-hydrogen) atoms. The van der Waals surface area contributed by atoms with Gasteiger partial charge in [-0.15, -0.1) is 0 Å². The van der Waals surface area contributed by atoms with E-state index in [4.69, 9.17) is 27.9 Å². The number of nitrogens with zero attached hydrogens (tertiary/aromatic N) is 2. The first-order valence-corrected chi connectivity index (χ1v) is 10.1. The van der Waals surface area contributed by atoms with Crippen molar-refractivity contribution >= 4 is 40.4 Å². The van der Waals surface area contributed by atoms with Crippen LogP contribution in [0.25, 0.3) is 11.1 Å². The quantitative estimate of drug-likeness (QED) is 0.568. The van der Waals surface area contributed by atoms with E-state index in [1.54, 1.807) is 12.3 Å². The molecule has 138 valence electrons. The third-order valence-electron chi connectivity index (χ3n) is 4.49. The molecule has 1 aliphatic rings. The summed E-state index contributed by atoms with van der Waals surface area (Å²) in [5.41, 5.74) is 2.60. The molecule has 0 radical (unpaired) electrons. The zero-order valence-electron chi connectivity index (χ0n) is 14.3. The van der Waals surface area contributed by atoms with E-state index in [9.17, 15) is 4.79 Å². The summed E-state index contributed by atoms with van der Waals surface area (Å²) in [6.07, 6.45) is 2.52. The van der Waals surface area contributed by atoms with Gasteiger partial charge in [-0.25, -0.2) is 4.98 Å². The number of hydrogen-bond donors (Lipinski definition) is 0.